The van der Waals surface area contributed by atoms with E-state index in [4.69, 9.17) is 17.3 Å². The van der Waals surface area contributed by atoms with Gasteiger partial charge in [-0.05, 0) is 55.3 Å². The molecule has 0 aromatic heterocycles. The quantitative estimate of drug-likeness (QED) is 0.659. The molecule has 92 valence electrons. The summed E-state index contributed by atoms with van der Waals surface area (Å²) in [6, 6.07) is 10.6. The zero-order valence-corrected chi connectivity index (χ0v) is 11.1. The zero-order valence-electron chi connectivity index (χ0n) is 10.3. The number of nitrogens with two attached hydrogens (primary N) is 1. The summed E-state index contributed by atoms with van der Waals surface area (Å²) in [4.78, 5) is 12.5. The molecule has 0 spiro atoms. The van der Waals surface area contributed by atoms with Gasteiger partial charge in [0.15, 0.2) is 5.78 Å². The van der Waals surface area contributed by atoms with Crippen molar-refractivity contribution in [3.05, 3.63) is 63.7 Å². The lowest BCUT2D eigenvalue weighted by Crippen LogP contribution is -2.06. The molecule has 2 aromatic carbocycles. The van der Waals surface area contributed by atoms with E-state index < -0.39 is 0 Å². The first-order chi connectivity index (χ1) is 8.49. The number of hydrogen-bond donors (Lipinski definition) is 1. The standard InChI is InChI=1S/C15H14ClNO/c1-9-3-4-11(16)8-14(9)15(18)13-6-5-12(17)7-10(13)2/h3-8H,17H2,1-2H3. The van der Waals surface area contributed by atoms with Crippen LogP contribution >= 0.6 is 11.6 Å². The fraction of sp³-hybridized carbons (Fsp3) is 0.133. The smallest absolute Gasteiger partial charge is 0.193 e. The third kappa shape index (κ3) is 2.39. The van der Waals surface area contributed by atoms with Crippen LogP contribution in [0.4, 0.5) is 5.69 Å². The molecular weight excluding hydrogens is 246 g/mol. The average Bonchev–Trinajstić information content (AvgIpc) is 2.31. The van der Waals surface area contributed by atoms with E-state index in [2.05, 4.69) is 0 Å². The number of carbonyl (C=O) groups is 1. The topological polar surface area (TPSA) is 43.1 Å². The van der Waals surface area contributed by atoms with Crippen molar-refractivity contribution < 1.29 is 4.79 Å². The third-order valence-corrected chi connectivity index (χ3v) is 3.17. The summed E-state index contributed by atoms with van der Waals surface area (Å²) in [6.07, 6.45) is 0. The van der Waals surface area contributed by atoms with Crippen LogP contribution in [0.1, 0.15) is 27.0 Å². The lowest BCUT2D eigenvalue weighted by atomic mass is 9.96. The molecule has 0 saturated carbocycles. The summed E-state index contributed by atoms with van der Waals surface area (Å²) in [5.74, 6) is -0.0208. The Morgan fingerprint density at radius 3 is 2.39 bits per heavy atom. The second-order valence-electron chi connectivity index (χ2n) is 4.36. The van der Waals surface area contributed by atoms with E-state index in [1.165, 1.54) is 0 Å². The Morgan fingerprint density at radius 2 is 1.72 bits per heavy atom. The summed E-state index contributed by atoms with van der Waals surface area (Å²) in [5.41, 5.74) is 9.43. The number of halogens is 1. The van der Waals surface area contributed by atoms with Crippen molar-refractivity contribution in [1.29, 1.82) is 0 Å². The van der Waals surface area contributed by atoms with Crippen molar-refractivity contribution in [2.45, 2.75) is 13.8 Å². The zero-order chi connectivity index (χ0) is 13.3. The van der Waals surface area contributed by atoms with Crippen LogP contribution in [-0.4, -0.2) is 5.78 Å². The summed E-state index contributed by atoms with van der Waals surface area (Å²) >= 11 is 5.94. The van der Waals surface area contributed by atoms with Crippen LogP contribution in [0, 0.1) is 13.8 Å². The van der Waals surface area contributed by atoms with Gasteiger partial charge in [0.2, 0.25) is 0 Å². The molecule has 0 radical (unpaired) electrons. The molecule has 0 fully saturated rings. The molecule has 0 unspecified atom stereocenters. The Hall–Kier alpha value is -1.80. The molecule has 0 amide bonds. The second-order valence-corrected chi connectivity index (χ2v) is 4.80. The molecule has 0 saturated heterocycles. The minimum atomic E-state index is -0.0208. The number of benzene rings is 2. The molecule has 2 nitrogen and oxygen atoms in total. The van der Waals surface area contributed by atoms with Gasteiger partial charge in [-0.25, -0.2) is 0 Å². The summed E-state index contributed by atoms with van der Waals surface area (Å²) in [5, 5.41) is 0.567. The van der Waals surface area contributed by atoms with Gasteiger partial charge in [0.1, 0.15) is 0 Å². The highest BCUT2D eigenvalue weighted by atomic mass is 35.5. The van der Waals surface area contributed by atoms with E-state index in [1.54, 1.807) is 30.3 Å². The lowest BCUT2D eigenvalue weighted by molar-refractivity contribution is 0.103. The van der Waals surface area contributed by atoms with Crippen molar-refractivity contribution in [2.75, 3.05) is 5.73 Å². The first-order valence-electron chi connectivity index (χ1n) is 5.66. The van der Waals surface area contributed by atoms with E-state index in [0.717, 1.165) is 11.1 Å². The van der Waals surface area contributed by atoms with Gasteiger partial charge in [-0.1, -0.05) is 17.7 Å². The molecule has 0 aliphatic carbocycles. The molecule has 0 atom stereocenters. The maximum Gasteiger partial charge on any atom is 0.193 e. The Morgan fingerprint density at radius 1 is 1.00 bits per heavy atom. The maximum atomic E-state index is 12.5. The second kappa shape index (κ2) is 4.83. The average molecular weight is 260 g/mol. The fourth-order valence-electron chi connectivity index (χ4n) is 1.93. The molecule has 0 aliphatic rings. The molecular formula is C15H14ClNO. The van der Waals surface area contributed by atoms with Crippen LogP contribution in [-0.2, 0) is 0 Å². The summed E-state index contributed by atoms with van der Waals surface area (Å²) in [7, 11) is 0. The van der Waals surface area contributed by atoms with Crippen molar-refractivity contribution in [2.24, 2.45) is 0 Å². The first kappa shape index (κ1) is 12.7. The van der Waals surface area contributed by atoms with Crippen LogP contribution < -0.4 is 5.73 Å². The number of rotatable bonds is 2. The van der Waals surface area contributed by atoms with Gasteiger partial charge in [-0.15, -0.1) is 0 Å². The number of carbonyl (C=O) groups excluding carboxylic acids is 1. The Labute approximate surface area is 111 Å². The molecule has 18 heavy (non-hydrogen) atoms. The van der Waals surface area contributed by atoms with Gasteiger partial charge < -0.3 is 5.73 Å². The minimum Gasteiger partial charge on any atom is -0.399 e. The predicted octanol–water partition coefficient (Wildman–Crippen LogP) is 3.77. The van der Waals surface area contributed by atoms with E-state index in [-0.39, 0.29) is 5.78 Å². The van der Waals surface area contributed by atoms with Crippen LogP contribution in [0.15, 0.2) is 36.4 Å². The highest BCUT2D eigenvalue weighted by Gasteiger charge is 2.14. The molecule has 3 heteroatoms. The van der Waals surface area contributed by atoms with Crippen molar-refractivity contribution >= 4 is 23.1 Å². The van der Waals surface area contributed by atoms with Crippen molar-refractivity contribution in [3.63, 3.8) is 0 Å². The highest BCUT2D eigenvalue weighted by Crippen LogP contribution is 2.21. The number of ketones is 1. The van der Waals surface area contributed by atoms with Gasteiger partial charge in [-0.2, -0.15) is 0 Å². The normalized spacial score (nSPS) is 10.4. The molecule has 0 heterocycles. The van der Waals surface area contributed by atoms with Crippen LogP contribution in [0.25, 0.3) is 0 Å². The van der Waals surface area contributed by atoms with E-state index >= 15 is 0 Å². The fourth-order valence-corrected chi connectivity index (χ4v) is 2.10. The van der Waals surface area contributed by atoms with Crippen LogP contribution in [0.2, 0.25) is 5.02 Å². The third-order valence-electron chi connectivity index (χ3n) is 2.94. The summed E-state index contributed by atoms with van der Waals surface area (Å²) < 4.78 is 0. The van der Waals surface area contributed by atoms with Gasteiger partial charge in [-0.3, -0.25) is 4.79 Å². The number of anilines is 1. The molecule has 2 rings (SSSR count). The van der Waals surface area contributed by atoms with Crippen LogP contribution in [0.3, 0.4) is 0 Å². The largest absolute Gasteiger partial charge is 0.399 e. The van der Waals surface area contributed by atoms with E-state index in [9.17, 15) is 4.79 Å². The maximum absolute atomic E-state index is 12.5. The number of nitrogen functional groups attached to an aromatic ring is 1. The monoisotopic (exact) mass is 259 g/mol. The van der Waals surface area contributed by atoms with Crippen molar-refractivity contribution in [1.82, 2.24) is 0 Å². The van der Waals surface area contributed by atoms with E-state index in [1.807, 2.05) is 19.9 Å². The van der Waals surface area contributed by atoms with E-state index in [0.29, 0.717) is 21.8 Å². The SMILES string of the molecule is Cc1cc(N)ccc1C(=O)c1cc(Cl)ccc1C. The molecule has 2 N–H and O–H groups in total. The van der Waals surface area contributed by atoms with Crippen molar-refractivity contribution in [3.8, 4) is 0 Å². The van der Waals surface area contributed by atoms with Crippen LogP contribution in [0.5, 0.6) is 0 Å². The predicted molar refractivity (Wildman–Crippen MR) is 75.2 cm³/mol. The van der Waals surface area contributed by atoms with Gasteiger partial charge in [0.25, 0.3) is 0 Å². The van der Waals surface area contributed by atoms with Gasteiger partial charge in [0, 0.05) is 21.8 Å². The molecule has 2 aromatic rings. The first-order valence-corrected chi connectivity index (χ1v) is 6.04. The Bertz CT molecular complexity index is 620. The molecule has 0 bridgehead atoms. The highest BCUT2D eigenvalue weighted by molar-refractivity contribution is 6.31. The number of hydrogen-bond acceptors (Lipinski definition) is 2. The van der Waals surface area contributed by atoms with Gasteiger partial charge >= 0.3 is 0 Å². The Kier molecular flexibility index (Phi) is 3.39. The number of aryl methyl sites for hydroxylation is 2. The summed E-state index contributed by atoms with van der Waals surface area (Å²) in [6.45, 7) is 3.78. The minimum absolute atomic E-state index is 0.0208. The lowest BCUT2D eigenvalue weighted by Gasteiger charge is -2.08. The molecule has 0 aliphatic heterocycles. The Balaban J connectivity index is 2.51. The van der Waals surface area contributed by atoms with Gasteiger partial charge in [0.05, 0.1) is 0 Å².